The third kappa shape index (κ3) is 2.34. The van der Waals surface area contributed by atoms with Gasteiger partial charge in [0.15, 0.2) is 0 Å². The predicted molar refractivity (Wildman–Crippen MR) is 69.9 cm³/mol. The number of aromatic nitrogens is 1. The minimum absolute atomic E-state index is 0.0815. The number of rotatable bonds is 2. The van der Waals surface area contributed by atoms with Crippen molar-refractivity contribution in [3.05, 3.63) is 35.5 Å². The average molecular weight is 270 g/mol. The maximum Gasteiger partial charge on any atom is 0.418 e. The summed E-state index contributed by atoms with van der Waals surface area (Å²) >= 11 is 0. The Morgan fingerprint density at radius 2 is 1.79 bits per heavy atom. The fourth-order valence-electron chi connectivity index (χ4n) is 2.44. The van der Waals surface area contributed by atoms with Crippen LogP contribution in [0.25, 0.3) is 10.9 Å². The monoisotopic (exact) mass is 270 g/mol. The van der Waals surface area contributed by atoms with Crippen LogP contribution in [0.15, 0.2) is 24.3 Å². The van der Waals surface area contributed by atoms with E-state index >= 15 is 0 Å². The smallest absolute Gasteiger partial charge is 0.340 e. The molecule has 2 N–H and O–H groups in total. The molecule has 0 aliphatic heterocycles. The Bertz CT molecular complexity index is 594. The van der Waals surface area contributed by atoms with Gasteiger partial charge in [-0.15, -0.1) is 0 Å². The molecule has 19 heavy (non-hydrogen) atoms. The Morgan fingerprint density at radius 1 is 1.16 bits per heavy atom. The van der Waals surface area contributed by atoms with Gasteiger partial charge in [0.2, 0.25) is 0 Å². The van der Waals surface area contributed by atoms with Gasteiger partial charge in [-0.05, 0) is 32.9 Å². The topological polar surface area (TPSA) is 30.9 Å². The molecule has 104 valence electrons. The second-order valence-corrected chi connectivity index (χ2v) is 5.06. The van der Waals surface area contributed by atoms with Crippen LogP contribution in [0, 0.1) is 0 Å². The lowest BCUT2D eigenvalue weighted by Gasteiger charge is -2.19. The number of nitrogens with two attached hydrogens (primary N) is 1. The van der Waals surface area contributed by atoms with Crippen molar-refractivity contribution < 1.29 is 13.2 Å². The van der Waals surface area contributed by atoms with Crippen LogP contribution in [-0.2, 0) is 6.18 Å². The van der Waals surface area contributed by atoms with Crippen LogP contribution in [0.5, 0.6) is 0 Å². The molecule has 0 amide bonds. The molecule has 0 fully saturated rings. The molecule has 0 spiro atoms. The Morgan fingerprint density at radius 3 is 2.26 bits per heavy atom. The molecule has 1 aromatic heterocycles. The van der Waals surface area contributed by atoms with Crippen molar-refractivity contribution in [1.29, 1.82) is 0 Å². The molecule has 5 heteroatoms. The van der Waals surface area contributed by atoms with Crippen molar-refractivity contribution in [3.8, 4) is 0 Å². The summed E-state index contributed by atoms with van der Waals surface area (Å²) in [5, 5.41) is 0.579. The number of benzene rings is 1. The van der Waals surface area contributed by atoms with Crippen LogP contribution in [-0.4, -0.2) is 4.57 Å². The zero-order chi connectivity index (χ0) is 14.4. The first-order valence-electron chi connectivity index (χ1n) is 6.20. The van der Waals surface area contributed by atoms with E-state index in [1.807, 2.05) is 13.8 Å². The van der Waals surface area contributed by atoms with E-state index < -0.39 is 11.7 Å². The molecule has 0 saturated carbocycles. The molecular weight excluding hydrogens is 253 g/mol. The van der Waals surface area contributed by atoms with Crippen LogP contribution in [0.4, 0.5) is 13.2 Å². The fraction of sp³-hybridized carbons (Fsp3) is 0.429. The van der Waals surface area contributed by atoms with E-state index in [4.69, 9.17) is 5.73 Å². The minimum atomic E-state index is -4.36. The van der Waals surface area contributed by atoms with Gasteiger partial charge in [-0.3, -0.25) is 0 Å². The number of hydrogen-bond acceptors (Lipinski definition) is 1. The summed E-state index contributed by atoms with van der Waals surface area (Å²) in [5.74, 6) is 0. The van der Waals surface area contributed by atoms with Gasteiger partial charge in [-0.2, -0.15) is 13.2 Å². The lowest BCUT2D eigenvalue weighted by atomic mass is 10.1. The van der Waals surface area contributed by atoms with Crippen LogP contribution in [0.3, 0.4) is 0 Å². The molecule has 2 rings (SSSR count). The molecule has 2 nitrogen and oxygen atoms in total. The highest BCUT2D eigenvalue weighted by Crippen LogP contribution is 2.38. The minimum Gasteiger partial charge on any atom is -0.340 e. The Kier molecular flexibility index (Phi) is 3.34. The molecule has 1 atom stereocenters. The second-order valence-electron chi connectivity index (χ2n) is 5.06. The number of halogens is 3. The van der Waals surface area contributed by atoms with Crippen molar-refractivity contribution in [2.24, 2.45) is 5.73 Å². The van der Waals surface area contributed by atoms with Crippen molar-refractivity contribution in [1.82, 2.24) is 4.57 Å². The highest BCUT2D eigenvalue weighted by molar-refractivity contribution is 5.85. The summed E-state index contributed by atoms with van der Waals surface area (Å²) in [6.07, 6.45) is -4.36. The third-order valence-corrected chi connectivity index (χ3v) is 3.18. The summed E-state index contributed by atoms with van der Waals surface area (Å²) < 4.78 is 41.1. The normalized spacial score (nSPS) is 14.3. The van der Waals surface area contributed by atoms with Gasteiger partial charge in [0.05, 0.1) is 11.1 Å². The van der Waals surface area contributed by atoms with Crippen molar-refractivity contribution in [2.75, 3.05) is 0 Å². The van der Waals surface area contributed by atoms with Crippen molar-refractivity contribution in [3.63, 3.8) is 0 Å². The fourth-order valence-corrected chi connectivity index (χ4v) is 2.44. The lowest BCUT2D eigenvalue weighted by Crippen LogP contribution is -2.15. The quantitative estimate of drug-likeness (QED) is 0.868. The third-order valence-electron chi connectivity index (χ3n) is 3.18. The van der Waals surface area contributed by atoms with Gasteiger partial charge in [0.1, 0.15) is 0 Å². The van der Waals surface area contributed by atoms with Gasteiger partial charge < -0.3 is 10.3 Å². The highest BCUT2D eigenvalue weighted by Gasteiger charge is 2.34. The summed E-state index contributed by atoms with van der Waals surface area (Å²) in [6.45, 7) is 5.50. The van der Waals surface area contributed by atoms with E-state index in [1.165, 1.54) is 6.07 Å². The molecule has 0 aliphatic carbocycles. The van der Waals surface area contributed by atoms with E-state index in [-0.39, 0.29) is 17.6 Å². The molecule has 0 saturated heterocycles. The lowest BCUT2D eigenvalue weighted by molar-refractivity contribution is -0.136. The molecule has 0 radical (unpaired) electrons. The number of alkyl halides is 3. The SMILES string of the molecule is CC(N)c1cc2cccc(C(F)(F)F)c2n1C(C)C. The summed E-state index contributed by atoms with van der Waals surface area (Å²) in [6, 6.07) is 5.59. The second kappa shape index (κ2) is 4.56. The van der Waals surface area contributed by atoms with Gasteiger partial charge >= 0.3 is 6.18 Å². The Hall–Kier alpha value is -1.49. The zero-order valence-electron chi connectivity index (χ0n) is 11.1. The van der Waals surface area contributed by atoms with Gasteiger partial charge in [-0.1, -0.05) is 12.1 Å². The van der Waals surface area contributed by atoms with E-state index in [2.05, 4.69) is 0 Å². The first kappa shape index (κ1) is 13.9. The first-order chi connectivity index (χ1) is 8.73. The van der Waals surface area contributed by atoms with Gasteiger partial charge in [0.25, 0.3) is 0 Å². The molecule has 2 aromatic rings. The van der Waals surface area contributed by atoms with Crippen LogP contribution in [0.1, 0.15) is 44.1 Å². The standard InChI is InChI=1S/C14H17F3N2/c1-8(2)19-12(9(3)18)7-10-5-4-6-11(13(10)19)14(15,16)17/h4-9H,18H2,1-3H3. The molecule has 1 heterocycles. The van der Waals surface area contributed by atoms with E-state index in [1.54, 1.807) is 23.6 Å². The Labute approximate surface area is 110 Å². The predicted octanol–water partition coefficient (Wildman–Crippen LogP) is 4.26. The number of nitrogens with zero attached hydrogens (tertiary/aromatic N) is 1. The van der Waals surface area contributed by atoms with Crippen LogP contribution in [0.2, 0.25) is 0 Å². The maximum absolute atomic E-state index is 13.1. The zero-order valence-corrected chi connectivity index (χ0v) is 11.1. The highest BCUT2D eigenvalue weighted by atomic mass is 19.4. The van der Waals surface area contributed by atoms with Gasteiger partial charge in [-0.25, -0.2) is 0 Å². The summed E-state index contributed by atoms with van der Waals surface area (Å²) in [7, 11) is 0. The number of para-hydroxylation sites is 1. The summed E-state index contributed by atoms with van der Waals surface area (Å²) in [4.78, 5) is 0. The van der Waals surface area contributed by atoms with E-state index in [0.29, 0.717) is 5.39 Å². The largest absolute Gasteiger partial charge is 0.418 e. The molecule has 1 unspecified atom stereocenters. The molecule has 0 aliphatic rings. The molecular formula is C14H17F3N2. The number of hydrogen-bond donors (Lipinski definition) is 1. The Balaban J connectivity index is 2.88. The molecule has 0 bridgehead atoms. The van der Waals surface area contributed by atoms with Crippen molar-refractivity contribution >= 4 is 10.9 Å². The van der Waals surface area contributed by atoms with E-state index in [9.17, 15) is 13.2 Å². The average Bonchev–Trinajstić information content (AvgIpc) is 2.66. The number of fused-ring (bicyclic) bond motifs is 1. The van der Waals surface area contributed by atoms with Crippen LogP contribution < -0.4 is 5.73 Å². The maximum atomic E-state index is 13.1. The van der Waals surface area contributed by atoms with Crippen LogP contribution >= 0.6 is 0 Å². The van der Waals surface area contributed by atoms with Gasteiger partial charge in [0, 0.05) is 23.2 Å². The van der Waals surface area contributed by atoms with E-state index in [0.717, 1.165) is 11.8 Å². The molecule has 1 aromatic carbocycles. The van der Waals surface area contributed by atoms with Crippen molar-refractivity contribution in [2.45, 2.75) is 39.0 Å². The summed E-state index contributed by atoms with van der Waals surface area (Å²) in [5.41, 5.74) is 6.21. The first-order valence-corrected chi connectivity index (χ1v) is 6.20.